The summed E-state index contributed by atoms with van der Waals surface area (Å²) in [6, 6.07) is 7.75. The Bertz CT molecular complexity index is 854. The van der Waals surface area contributed by atoms with Crippen molar-refractivity contribution in [2.24, 2.45) is 7.05 Å². The Kier molecular flexibility index (Phi) is 3.87. The lowest BCUT2D eigenvalue weighted by Gasteiger charge is -2.26. The molecule has 1 fully saturated rings. The summed E-state index contributed by atoms with van der Waals surface area (Å²) in [6.07, 6.45) is 5.04. The molecule has 0 bridgehead atoms. The van der Waals surface area contributed by atoms with Crippen molar-refractivity contribution in [3.63, 3.8) is 0 Å². The van der Waals surface area contributed by atoms with E-state index >= 15 is 0 Å². The van der Waals surface area contributed by atoms with Gasteiger partial charge in [-0.1, -0.05) is 22.0 Å². The average molecular weight is 374 g/mol. The fourth-order valence-electron chi connectivity index (χ4n) is 2.28. The minimum atomic E-state index is -0.761. The van der Waals surface area contributed by atoms with Gasteiger partial charge in [0, 0.05) is 23.9 Å². The summed E-state index contributed by atoms with van der Waals surface area (Å²) in [5.74, 6) is -1.35. The van der Waals surface area contributed by atoms with Gasteiger partial charge in [-0.15, -0.1) is 0 Å². The largest absolute Gasteiger partial charge is 0.357 e. The molecule has 0 radical (unpaired) electrons. The van der Waals surface area contributed by atoms with Gasteiger partial charge in [0.2, 0.25) is 0 Å². The smallest absolute Gasteiger partial charge is 0.335 e. The fourth-order valence-corrected chi connectivity index (χ4v) is 2.67. The van der Waals surface area contributed by atoms with Crippen LogP contribution in [0.1, 0.15) is 5.56 Å². The van der Waals surface area contributed by atoms with Crippen molar-refractivity contribution < 1.29 is 14.4 Å². The molecule has 1 aromatic carbocycles. The van der Waals surface area contributed by atoms with Crippen LogP contribution in [-0.2, 0) is 16.6 Å². The van der Waals surface area contributed by atoms with Crippen LogP contribution in [0, 0.1) is 0 Å². The van der Waals surface area contributed by atoms with Gasteiger partial charge in [0.05, 0.1) is 5.69 Å². The lowest BCUT2D eigenvalue weighted by Crippen LogP contribution is -2.54. The van der Waals surface area contributed by atoms with Gasteiger partial charge in [-0.05, 0) is 35.9 Å². The highest BCUT2D eigenvalue weighted by atomic mass is 79.9. The van der Waals surface area contributed by atoms with Crippen LogP contribution in [0.3, 0.4) is 0 Å². The van der Waals surface area contributed by atoms with Crippen LogP contribution in [-0.4, -0.2) is 22.4 Å². The molecular formula is C16H12BrN3O3. The number of carbonyl (C=O) groups excluding carboxylic acids is 3. The number of aryl methyl sites for hydroxylation is 1. The quantitative estimate of drug-likeness (QED) is 0.649. The number of halogens is 1. The van der Waals surface area contributed by atoms with Gasteiger partial charge < -0.3 is 4.57 Å². The first-order valence-corrected chi connectivity index (χ1v) is 7.54. The summed E-state index contributed by atoms with van der Waals surface area (Å²) in [7, 11) is 1.84. The average Bonchev–Trinajstić information content (AvgIpc) is 2.89. The molecule has 0 spiro atoms. The standard InChI is InChI=1S/C16H12BrN3O3/c1-19-6-5-10(9-19)7-13-14(21)18-16(23)20(15(13)22)12-4-2-3-11(17)8-12/h2-9H,1H3,(H,18,21,23)/b13-7-. The van der Waals surface area contributed by atoms with Crippen LogP contribution < -0.4 is 10.2 Å². The molecule has 1 aliphatic rings. The van der Waals surface area contributed by atoms with Gasteiger partial charge in [-0.3, -0.25) is 14.9 Å². The van der Waals surface area contributed by atoms with Gasteiger partial charge >= 0.3 is 6.03 Å². The zero-order chi connectivity index (χ0) is 16.6. The number of nitrogens with one attached hydrogen (secondary N) is 1. The van der Waals surface area contributed by atoms with Crippen LogP contribution >= 0.6 is 15.9 Å². The molecule has 116 valence electrons. The number of anilines is 1. The number of rotatable bonds is 2. The number of carbonyl (C=O) groups is 3. The second-order valence-corrected chi connectivity index (χ2v) is 5.96. The molecule has 0 saturated carbocycles. The molecule has 2 heterocycles. The molecule has 0 unspecified atom stereocenters. The molecule has 0 aliphatic carbocycles. The molecule has 3 rings (SSSR count). The molecule has 6 nitrogen and oxygen atoms in total. The summed E-state index contributed by atoms with van der Waals surface area (Å²) in [4.78, 5) is 37.6. The number of imide groups is 2. The number of nitrogens with zero attached hydrogens (tertiary/aromatic N) is 2. The van der Waals surface area contributed by atoms with Gasteiger partial charge in [0.25, 0.3) is 11.8 Å². The minimum absolute atomic E-state index is 0.0872. The summed E-state index contributed by atoms with van der Waals surface area (Å²) >= 11 is 3.30. The van der Waals surface area contributed by atoms with Gasteiger partial charge in [-0.25, -0.2) is 9.69 Å². The van der Waals surface area contributed by atoms with Crippen molar-refractivity contribution in [3.8, 4) is 0 Å². The third kappa shape index (κ3) is 2.95. The Balaban J connectivity index is 2.02. The van der Waals surface area contributed by atoms with Crippen LogP contribution in [0.5, 0.6) is 0 Å². The van der Waals surface area contributed by atoms with Gasteiger partial charge in [-0.2, -0.15) is 0 Å². The SMILES string of the molecule is Cn1ccc(/C=C2/C(=O)NC(=O)N(c3cccc(Br)c3)C2=O)c1. The van der Waals surface area contributed by atoms with Gasteiger partial charge in [0.1, 0.15) is 5.57 Å². The summed E-state index contributed by atoms with van der Waals surface area (Å²) in [5, 5.41) is 2.19. The monoisotopic (exact) mass is 373 g/mol. The maximum Gasteiger partial charge on any atom is 0.335 e. The van der Waals surface area contributed by atoms with Crippen LogP contribution in [0.2, 0.25) is 0 Å². The number of urea groups is 1. The van der Waals surface area contributed by atoms with Crippen molar-refractivity contribution in [1.29, 1.82) is 0 Å². The van der Waals surface area contributed by atoms with E-state index in [0.717, 1.165) is 9.37 Å². The molecule has 1 aromatic heterocycles. The lowest BCUT2D eigenvalue weighted by molar-refractivity contribution is -0.122. The van der Waals surface area contributed by atoms with Gasteiger partial charge in [0.15, 0.2) is 0 Å². The highest BCUT2D eigenvalue weighted by Gasteiger charge is 2.36. The Labute approximate surface area is 140 Å². The second-order valence-electron chi connectivity index (χ2n) is 5.05. The van der Waals surface area contributed by atoms with E-state index in [9.17, 15) is 14.4 Å². The van der Waals surface area contributed by atoms with Crippen molar-refractivity contribution in [1.82, 2.24) is 9.88 Å². The topological polar surface area (TPSA) is 71.4 Å². The first-order chi connectivity index (χ1) is 11.0. The van der Waals surface area contributed by atoms with Crippen LogP contribution in [0.15, 0.2) is 52.8 Å². The molecular weight excluding hydrogens is 362 g/mol. The number of benzene rings is 1. The minimum Gasteiger partial charge on any atom is -0.357 e. The summed E-state index contributed by atoms with van der Waals surface area (Å²) in [6.45, 7) is 0. The molecule has 1 N–H and O–H groups in total. The zero-order valence-electron chi connectivity index (χ0n) is 12.1. The molecule has 1 saturated heterocycles. The maximum atomic E-state index is 12.6. The van der Waals surface area contributed by atoms with Crippen molar-refractivity contribution in [2.75, 3.05) is 4.90 Å². The Morgan fingerprint density at radius 3 is 2.61 bits per heavy atom. The van der Waals surface area contributed by atoms with E-state index in [1.165, 1.54) is 6.08 Å². The lowest BCUT2D eigenvalue weighted by atomic mass is 10.1. The number of barbiturate groups is 1. The summed E-state index contributed by atoms with van der Waals surface area (Å²) < 4.78 is 2.52. The number of hydrogen-bond donors (Lipinski definition) is 1. The van der Waals surface area contributed by atoms with Crippen molar-refractivity contribution >= 4 is 45.5 Å². The van der Waals surface area contributed by atoms with Crippen molar-refractivity contribution in [3.05, 3.63) is 58.3 Å². The predicted molar refractivity (Wildman–Crippen MR) is 88.6 cm³/mol. The number of hydrogen-bond acceptors (Lipinski definition) is 3. The number of aromatic nitrogens is 1. The first-order valence-electron chi connectivity index (χ1n) is 6.75. The highest BCUT2D eigenvalue weighted by Crippen LogP contribution is 2.24. The Hall–Kier alpha value is -2.67. The van der Waals surface area contributed by atoms with E-state index in [-0.39, 0.29) is 5.57 Å². The van der Waals surface area contributed by atoms with E-state index in [1.54, 1.807) is 47.3 Å². The zero-order valence-corrected chi connectivity index (χ0v) is 13.7. The van der Waals surface area contributed by atoms with E-state index in [0.29, 0.717) is 11.3 Å². The molecule has 1 aliphatic heterocycles. The molecule has 2 aromatic rings. The van der Waals surface area contributed by atoms with E-state index < -0.39 is 17.8 Å². The maximum absolute atomic E-state index is 12.6. The van der Waals surface area contributed by atoms with Crippen molar-refractivity contribution in [2.45, 2.75) is 0 Å². The molecule has 23 heavy (non-hydrogen) atoms. The third-order valence-corrected chi connectivity index (χ3v) is 3.83. The summed E-state index contributed by atoms with van der Waals surface area (Å²) in [5.41, 5.74) is 0.999. The molecule has 4 amide bonds. The Morgan fingerprint density at radius 2 is 1.96 bits per heavy atom. The van der Waals surface area contributed by atoms with E-state index in [2.05, 4.69) is 21.2 Å². The molecule has 0 atom stereocenters. The van der Waals surface area contributed by atoms with E-state index in [4.69, 9.17) is 0 Å². The van der Waals surface area contributed by atoms with Crippen LogP contribution in [0.4, 0.5) is 10.5 Å². The Morgan fingerprint density at radius 1 is 1.17 bits per heavy atom. The predicted octanol–water partition coefficient (Wildman–Crippen LogP) is 2.45. The second kappa shape index (κ2) is 5.85. The normalized spacial score (nSPS) is 16.9. The van der Waals surface area contributed by atoms with Crippen LogP contribution in [0.25, 0.3) is 6.08 Å². The highest BCUT2D eigenvalue weighted by molar-refractivity contribution is 9.10. The molecule has 7 heteroatoms. The fraction of sp³-hybridized carbons (Fsp3) is 0.0625. The third-order valence-electron chi connectivity index (χ3n) is 3.33. The number of amides is 4. The first kappa shape index (κ1) is 15.2. The van der Waals surface area contributed by atoms with E-state index in [1.807, 2.05) is 7.05 Å².